The third kappa shape index (κ3) is 8.09. The minimum atomic E-state index is -5.08. The number of carbonyl (C=O) groups excluding carboxylic acids is 1. The van der Waals surface area contributed by atoms with Crippen LogP contribution in [0.4, 0.5) is 13.2 Å². The fourth-order valence-corrected chi connectivity index (χ4v) is 0.981. The quantitative estimate of drug-likeness (QED) is 0.837. The second-order valence-corrected chi connectivity index (χ2v) is 3.65. The van der Waals surface area contributed by atoms with E-state index >= 15 is 0 Å². The van der Waals surface area contributed by atoms with Crippen LogP contribution in [0, 0.1) is 0 Å². The summed E-state index contributed by atoms with van der Waals surface area (Å²) < 4.78 is 31.7. The maximum Gasteiger partial charge on any atom is 0.490 e. The summed E-state index contributed by atoms with van der Waals surface area (Å²) in [5.74, 6) is -3.09. The number of nitrogens with one attached hydrogen (secondary N) is 1. The number of hydrogen-bond donors (Lipinski definition) is 2. The molecule has 0 heterocycles. The fraction of sp³-hybridized carbons (Fsp3) is 0.333. The number of hydroxylamine groups is 1. The minimum Gasteiger partial charge on any atom is -0.475 e. The topological polar surface area (TPSA) is 75.6 Å². The molecule has 1 aromatic rings. The molecule has 0 spiro atoms. The highest BCUT2D eigenvalue weighted by Gasteiger charge is 2.38. The second kappa shape index (κ2) is 8.16. The molecular formula is C12H14F3NO4. The van der Waals surface area contributed by atoms with Gasteiger partial charge in [0, 0.05) is 6.92 Å². The van der Waals surface area contributed by atoms with Crippen LogP contribution in [0.3, 0.4) is 0 Å². The fourth-order valence-electron chi connectivity index (χ4n) is 0.981. The number of carboxylic acid groups (broad SMARTS) is 1. The van der Waals surface area contributed by atoms with Gasteiger partial charge in [-0.3, -0.25) is 4.79 Å². The van der Waals surface area contributed by atoms with Gasteiger partial charge in [-0.05, 0) is 12.5 Å². The predicted molar refractivity (Wildman–Crippen MR) is 63.4 cm³/mol. The SMILES string of the molecule is CC(=O)ON[C@@H](C)c1ccccc1.O=C(O)C(F)(F)F. The molecule has 1 rings (SSSR count). The zero-order valence-electron chi connectivity index (χ0n) is 10.8. The minimum absolute atomic E-state index is 0.0186. The van der Waals surface area contributed by atoms with Gasteiger partial charge in [0.1, 0.15) is 0 Å². The number of carbonyl (C=O) groups is 2. The van der Waals surface area contributed by atoms with Crippen LogP contribution in [0.1, 0.15) is 25.5 Å². The standard InChI is InChI=1S/C10H13NO2.C2HF3O2/c1-8(11-13-9(2)12)10-6-4-3-5-7-10;3-2(4,5)1(6)7/h3-8,11H,1-2H3;(H,6,7)/t8-;/m0./s1. The van der Waals surface area contributed by atoms with Crippen molar-refractivity contribution in [1.82, 2.24) is 5.48 Å². The molecule has 112 valence electrons. The average Bonchev–Trinajstić information content (AvgIpc) is 2.36. The van der Waals surface area contributed by atoms with Crippen LogP contribution in [0.2, 0.25) is 0 Å². The number of rotatable bonds is 3. The number of benzene rings is 1. The molecule has 0 aliphatic rings. The maximum absolute atomic E-state index is 10.6. The van der Waals surface area contributed by atoms with Gasteiger partial charge in [0.25, 0.3) is 0 Å². The number of carboxylic acids is 1. The van der Waals surface area contributed by atoms with Crippen molar-refractivity contribution in [2.45, 2.75) is 26.1 Å². The Kier molecular flexibility index (Phi) is 7.30. The van der Waals surface area contributed by atoms with Crippen LogP contribution < -0.4 is 5.48 Å². The Hall–Kier alpha value is -2.09. The van der Waals surface area contributed by atoms with E-state index < -0.39 is 12.1 Å². The van der Waals surface area contributed by atoms with Gasteiger partial charge in [0.05, 0.1) is 6.04 Å². The molecule has 0 fully saturated rings. The molecule has 5 nitrogen and oxygen atoms in total. The smallest absolute Gasteiger partial charge is 0.475 e. The molecule has 1 aromatic carbocycles. The molecule has 0 saturated heterocycles. The van der Waals surface area contributed by atoms with E-state index in [-0.39, 0.29) is 12.0 Å². The summed E-state index contributed by atoms with van der Waals surface area (Å²) >= 11 is 0. The molecule has 0 bridgehead atoms. The molecule has 0 aliphatic heterocycles. The second-order valence-electron chi connectivity index (χ2n) is 3.65. The first-order chi connectivity index (χ1) is 9.14. The summed E-state index contributed by atoms with van der Waals surface area (Å²) in [4.78, 5) is 24.1. The molecule has 0 amide bonds. The average molecular weight is 293 g/mol. The normalized spacial score (nSPS) is 11.8. The number of hydrogen-bond acceptors (Lipinski definition) is 4. The lowest BCUT2D eigenvalue weighted by atomic mass is 10.1. The summed E-state index contributed by atoms with van der Waals surface area (Å²) in [5, 5.41) is 7.12. The zero-order valence-corrected chi connectivity index (χ0v) is 10.8. The molecule has 2 N–H and O–H groups in total. The van der Waals surface area contributed by atoms with E-state index in [9.17, 15) is 18.0 Å². The molecule has 8 heteroatoms. The van der Waals surface area contributed by atoms with Crippen molar-refractivity contribution in [3.05, 3.63) is 35.9 Å². The van der Waals surface area contributed by atoms with Crippen molar-refractivity contribution >= 4 is 11.9 Å². The van der Waals surface area contributed by atoms with Gasteiger partial charge in [-0.15, -0.1) is 5.48 Å². The van der Waals surface area contributed by atoms with Crippen LogP contribution in [-0.2, 0) is 14.4 Å². The van der Waals surface area contributed by atoms with E-state index in [1.165, 1.54) is 6.92 Å². The Balaban J connectivity index is 0.000000441. The first-order valence-electron chi connectivity index (χ1n) is 5.42. The summed E-state index contributed by atoms with van der Waals surface area (Å²) in [7, 11) is 0. The highest BCUT2D eigenvalue weighted by atomic mass is 19.4. The molecule has 0 aliphatic carbocycles. The third-order valence-corrected chi connectivity index (χ3v) is 1.92. The summed E-state index contributed by atoms with van der Waals surface area (Å²) in [6, 6.07) is 9.80. The van der Waals surface area contributed by atoms with Crippen molar-refractivity contribution in [2.24, 2.45) is 0 Å². The molecule has 0 radical (unpaired) electrons. The van der Waals surface area contributed by atoms with Crippen LogP contribution in [0.15, 0.2) is 30.3 Å². The van der Waals surface area contributed by atoms with E-state index in [2.05, 4.69) is 10.3 Å². The van der Waals surface area contributed by atoms with Gasteiger partial charge < -0.3 is 9.94 Å². The Morgan fingerprint density at radius 3 is 2.05 bits per heavy atom. The highest BCUT2D eigenvalue weighted by molar-refractivity contribution is 5.73. The lowest BCUT2D eigenvalue weighted by Gasteiger charge is -2.12. The molecule has 0 unspecified atom stereocenters. The summed E-state index contributed by atoms with van der Waals surface area (Å²) in [6.07, 6.45) is -5.08. The first kappa shape index (κ1) is 17.9. The molecule has 0 aromatic heterocycles. The lowest BCUT2D eigenvalue weighted by Crippen LogP contribution is -2.21. The van der Waals surface area contributed by atoms with Gasteiger partial charge in [0.15, 0.2) is 0 Å². The number of halogens is 3. The summed E-state index contributed by atoms with van der Waals surface area (Å²) in [6.45, 7) is 3.29. The monoisotopic (exact) mass is 293 g/mol. The Bertz CT molecular complexity index is 434. The van der Waals surface area contributed by atoms with Gasteiger partial charge in [0.2, 0.25) is 0 Å². The molecule has 0 saturated carbocycles. The van der Waals surface area contributed by atoms with E-state index in [4.69, 9.17) is 9.90 Å². The Morgan fingerprint density at radius 1 is 1.25 bits per heavy atom. The van der Waals surface area contributed by atoms with Gasteiger partial charge >= 0.3 is 18.1 Å². The van der Waals surface area contributed by atoms with Crippen molar-refractivity contribution in [1.29, 1.82) is 0 Å². The van der Waals surface area contributed by atoms with Crippen molar-refractivity contribution in [2.75, 3.05) is 0 Å². The number of alkyl halides is 3. The van der Waals surface area contributed by atoms with Crippen molar-refractivity contribution < 1.29 is 32.7 Å². The Morgan fingerprint density at radius 2 is 1.70 bits per heavy atom. The summed E-state index contributed by atoms with van der Waals surface area (Å²) in [5.41, 5.74) is 3.74. The van der Waals surface area contributed by atoms with E-state index in [1.807, 2.05) is 37.3 Å². The number of aliphatic carboxylic acids is 1. The zero-order chi connectivity index (χ0) is 15.8. The maximum atomic E-state index is 10.6. The van der Waals surface area contributed by atoms with Crippen LogP contribution in [0.25, 0.3) is 0 Å². The molecule has 20 heavy (non-hydrogen) atoms. The van der Waals surface area contributed by atoms with Gasteiger partial charge in [-0.25, -0.2) is 4.79 Å². The highest BCUT2D eigenvalue weighted by Crippen LogP contribution is 2.13. The van der Waals surface area contributed by atoms with Gasteiger partial charge in [-0.2, -0.15) is 13.2 Å². The van der Waals surface area contributed by atoms with Crippen LogP contribution >= 0.6 is 0 Å². The molecule has 1 atom stereocenters. The van der Waals surface area contributed by atoms with Crippen molar-refractivity contribution in [3.63, 3.8) is 0 Å². The van der Waals surface area contributed by atoms with Gasteiger partial charge in [-0.1, -0.05) is 30.3 Å². The Labute approximate surface area is 113 Å². The largest absolute Gasteiger partial charge is 0.490 e. The van der Waals surface area contributed by atoms with Crippen LogP contribution in [-0.4, -0.2) is 23.2 Å². The van der Waals surface area contributed by atoms with Crippen molar-refractivity contribution in [3.8, 4) is 0 Å². The first-order valence-corrected chi connectivity index (χ1v) is 5.42. The van der Waals surface area contributed by atoms with Crippen LogP contribution in [0.5, 0.6) is 0 Å². The third-order valence-electron chi connectivity index (χ3n) is 1.92. The van der Waals surface area contributed by atoms with E-state index in [0.29, 0.717) is 0 Å². The van der Waals surface area contributed by atoms with E-state index in [1.54, 1.807) is 0 Å². The lowest BCUT2D eigenvalue weighted by molar-refractivity contribution is -0.192. The molecular weight excluding hydrogens is 279 g/mol. The van der Waals surface area contributed by atoms with E-state index in [0.717, 1.165) is 5.56 Å². The predicted octanol–water partition coefficient (Wildman–Crippen LogP) is 2.45.